The van der Waals surface area contributed by atoms with Crippen LogP contribution in [0.4, 0.5) is 0 Å². The predicted molar refractivity (Wildman–Crippen MR) is 123 cm³/mol. The van der Waals surface area contributed by atoms with E-state index in [0.717, 1.165) is 16.5 Å². The first-order chi connectivity index (χ1) is 16.2. The van der Waals surface area contributed by atoms with Crippen LogP contribution in [-0.4, -0.2) is 34.1 Å². The zero-order valence-electron chi connectivity index (χ0n) is 18.6. The SMILES string of the molecule is CCc1cc(=O)oc2cc(O[C@@H](C)C(=O)N[C@@H](Cc3c[nH]c4ccc(O)cc34)C(=O)[O-])ccc12. The quantitative estimate of drug-likeness (QED) is 0.338. The lowest BCUT2D eigenvalue weighted by molar-refractivity contribution is -0.308. The maximum Gasteiger partial charge on any atom is 0.336 e. The van der Waals surface area contributed by atoms with Crippen molar-refractivity contribution >= 4 is 33.7 Å². The number of fused-ring (bicyclic) bond motifs is 2. The average molecular weight is 463 g/mol. The van der Waals surface area contributed by atoms with E-state index in [-0.39, 0.29) is 12.2 Å². The van der Waals surface area contributed by atoms with Crippen molar-refractivity contribution in [2.45, 2.75) is 38.8 Å². The molecule has 0 fully saturated rings. The fourth-order valence-corrected chi connectivity index (χ4v) is 3.87. The molecule has 2 heterocycles. The Morgan fingerprint density at radius 2 is 1.94 bits per heavy atom. The third kappa shape index (κ3) is 4.73. The van der Waals surface area contributed by atoms with Crippen molar-refractivity contribution in [3.05, 3.63) is 70.2 Å². The van der Waals surface area contributed by atoms with Gasteiger partial charge in [-0.3, -0.25) is 4.79 Å². The van der Waals surface area contributed by atoms with Crippen molar-refractivity contribution in [3.8, 4) is 11.5 Å². The molecule has 176 valence electrons. The van der Waals surface area contributed by atoms with Crippen LogP contribution in [0, 0.1) is 0 Å². The zero-order chi connectivity index (χ0) is 24.4. The molecule has 0 saturated heterocycles. The van der Waals surface area contributed by atoms with E-state index in [4.69, 9.17) is 9.15 Å². The third-order valence-electron chi connectivity index (χ3n) is 5.64. The number of phenols is 1. The first-order valence-electron chi connectivity index (χ1n) is 10.8. The smallest absolute Gasteiger partial charge is 0.336 e. The molecule has 0 aliphatic rings. The number of carbonyl (C=O) groups excluding carboxylic acids is 2. The van der Waals surface area contributed by atoms with Gasteiger partial charge in [0.2, 0.25) is 0 Å². The second kappa shape index (κ2) is 9.30. The molecule has 0 saturated carbocycles. The number of hydrogen-bond acceptors (Lipinski definition) is 7. The molecule has 0 unspecified atom stereocenters. The Balaban J connectivity index is 1.48. The van der Waals surface area contributed by atoms with Crippen LogP contribution in [0.2, 0.25) is 0 Å². The Morgan fingerprint density at radius 3 is 2.68 bits per heavy atom. The Hall–Kier alpha value is -4.27. The van der Waals surface area contributed by atoms with Crippen LogP contribution < -0.4 is 20.8 Å². The number of benzene rings is 2. The number of nitrogens with one attached hydrogen (secondary N) is 2. The summed E-state index contributed by atoms with van der Waals surface area (Å²) >= 11 is 0. The van der Waals surface area contributed by atoms with Crippen LogP contribution in [0.15, 0.2) is 57.9 Å². The van der Waals surface area contributed by atoms with Crippen LogP contribution in [0.5, 0.6) is 11.5 Å². The molecule has 1 amide bonds. The molecule has 2 atom stereocenters. The van der Waals surface area contributed by atoms with Crippen molar-refractivity contribution < 1.29 is 29.0 Å². The number of aromatic nitrogens is 1. The van der Waals surface area contributed by atoms with E-state index in [1.807, 2.05) is 6.92 Å². The zero-order valence-corrected chi connectivity index (χ0v) is 18.6. The predicted octanol–water partition coefficient (Wildman–Crippen LogP) is 1.79. The van der Waals surface area contributed by atoms with Gasteiger partial charge in [-0.1, -0.05) is 6.92 Å². The molecule has 0 aliphatic carbocycles. The van der Waals surface area contributed by atoms with Crippen molar-refractivity contribution in [2.24, 2.45) is 0 Å². The maximum absolute atomic E-state index is 12.7. The molecule has 0 aliphatic heterocycles. The molecule has 2 aromatic heterocycles. The van der Waals surface area contributed by atoms with E-state index in [1.54, 1.807) is 24.4 Å². The van der Waals surface area contributed by atoms with Gasteiger partial charge in [0, 0.05) is 41.0 Å². The van der Waals surface area contributed by atoms with Gasteiger partial charge < -0.3 is 34.5 Å². The summed E-state index contributed by atoms with van der Waals surface area (Å²) in [5.74, 6) is -1.76. The number of phenolic OH excluding ortho intramolecular Hbond substituents is 1. The summed E-state index contributed by atoms with van der Waals surface area (Å²) in [5, 5.41) is 25.3. The number of ether oxygens (including phenoxy) is 1. The fraction of sp³-hybridized carbons (Fsp3) is 0.240. The summed E-state index contributed by atoms with van der Waals surface area (Å²) in [7, 11) is 0. The summed E-state index contributed by atoms with van der Waals surface area (Å²) in [4.78, 5) is 39.2. The molecule has 3 N–H and O–H groups in total. The molecular weight excluding hydrogens is 440 g/mol. The van der Waals surface area contributed by atoms with Gasteiger partial charge >= 0.3 is 5.63 Å². The largest absolute Gasteiger partial charge is 0.548 e. The molecule has 0 bridgehead atoms. The van der Waals surface area contributed by atoms with Crippen LogP contribution in [0.1, 0.15) is 25.0 Å². The van der Waals surface area contributed by atoms with E-state index >= 15 is 0 Å². The van der Waals surface area contributed by atoms with Gasteiger partial charge in [-0.15, -0.1) is 0 Å². The number of carboxylic acid groups (broad SMARTS) is 1. The molecule has 0 radical (unpaired) electrons. The van der Waals surface area contributed by atoms with Gasteiger partial charge in [-0.25, -0.2) is 4.79 Å². The number of aromatic hydroxyl groups is 1. The molecule has 2 aromatic carbocycles. The lowest BCUT2D eigenvalue weighted by Gasteiger charge is -2.22. The third-order valence-corrected chi connectivity index (χ3v) is 5.64. The minimum Gasteiger partial charge on any atom is -0.548 e. The first kappa shape index (κ1) is 22.9. The van der Waals surface area contributed by atoms with E-state index in [1.165, 1.54) is 31.2 Å². The number of carboxylic acids is 1. The van der Waals surface area contributed by atoms with E-state index in [0.29, 0.717) is 28.7 Å². The molecular formula is C25H23N2O7-. The standard InChI is InChI=1S/C25H24N2O7/c1-3-14-9-23(29)34-22-11-17(5-6-18(14)22)33-13(2)24(30)27-21(25(31)32)8-15-12-26-20-7-4-16(28)10-19(15)20/h4-7,9-13,21,26,28H,3,8H2,1-2H3,(H,27,30)(H,31,32)/p-1/t13-,21-/m0/s1. The van der Waals surface area contributed by atoms with Gasteiger partial charge in [-0.2, -0.15) is 0 Å². The van der Waals surface area contributed by atoms with Crippen molar-refractivity contribution in [2.75, 3.05) is 0 Å². The summed E-state index contributed by atoms with van der Waals surface area (Å²) in [5.41, 5.74) is 2.03. The topological polar surface area (TPSA) is 145 Å². The molecule has 9 nitrogen and oxygen atoms in total. The van der Waals surface area contributed by atoms with Crippen molar-refractivity contribution in [1.29, 1.82) is 0 Å². The minimum absolute atomic E-state index is 0.0432. The fourth-order valence-electron chi connectivity index (χ4n) is 3.87. The summed E-state index contributed by atoms with van der Waals surface area (Å²) in [6.45, 7) is 3.41. The number of aromatic amines is 1. The maximum atomic E-state index is 12.7. The van der Waals surface area contributed by atoms with Crippen molar-refractivity contribution in [1.82, 2.24) is 10.3 Å². The lowest BCUT2D eigenvalue weighted by Crippen LogP contribution is -2.52. The number of rotatable bonds is 8. The summed E-state index contributed by atoms with van der Waals surface area (Å²) < 4.78 is 10.9. The highest BCUT2D eigenvalue weighted by molar-refractivity contribution is 5.88. The number of H-pyrrole nitrogens is 1. The molecule has 4 rings (SSSR count). The highest BCUT2D eigenvalue weighted by Crippen LogP contribution is 2.25. The number of aliphatic carboxylic acids is 1. The van der Waals surface area contributed by atoms with E-state index in [2.05, 4.69) is 10.3 Å². The first-order valence-corrected chi connectivity index (χ1v) is 10.8. The van der Waals surface area contributed by atoms with Gasteiger partial charge in [0.1, 0.15) is 17.1 Å². The lowest BCUT2D eigenvalue weighted by atomic mass is 10.0. The Bertz CT molecular complexity index is 1440. The Labute approximate surface area is 194 Å². The summed E-state index contributed by atoms with van der Waals surface area (Å²) in [6, 6.07) is 9.74. The highest BCUT2D eigenvalue weighted by Gasteiger charge is 2.22. The average Bonchev–Trinajstić information content (AvgIpc) is 3.19. The number of amides is 1. The van der Waals surface area contributed by atoms with Crippen LogP contribution in [0.3, 0.4) is 0 Å². The Kier molecular flexibility index (Phi) is 6.27. The Morgan fingerprint density at radius 1 is 1.15 bits per heavy atom. The summed E-state index contributed by atoms with van der Waals surface area (Å²) in [6.07, 6.45) is 1.19. The number of carbonyl (C=O) groups is 2. The monoisotopic (exact) mass is 463 g/mol. The highest BCUT2D eigenvalue weighted by atomic mass is 16.5. The van der Waals surface area contributed by atoms with E-state index in [9.17, 15) is 24.6 Å². The molecule has 9 heteroatoms. The second-order valence-electron chi connectivity index (χ2n) is 7.99. The van der Waals surface area contributed by atoms with Crippen molar-refractivity contribution in [3.63, 3.8) is 0 Å². The van der Waals surface area contributed by atoms with Gasteiger partial charge in [0.05, 0.1) is 12.0 Å². The normalized spacial score (nSPS) is 13.0. The van der Waals surface area contributed by atoms with Gasteiger partial charge in [0.25, 0.3) is 5.91 Å². The number of aryl methyl sites for hydroxylation is 1. The second-order valence-corrected chi connectivity index (χ2v) is 7.99. The minimum atomic E-state index is -1.45. The number of hydrogen-bond donors (Lipinski definition) is 3. The van der Waals surface area contributed by atoms with Crippen LogP contribution in [-0.2, 0) is 22.4 Å². The molecule has 34 heavy (non-hydrogen) atoms. The molecule has 4 aromatic rings. The van der Waals surface area contributed by atoms with Crippen LogP contribution >= 0.6 is 0 Å². The van der Waals surface area contributed by atoms with E-state index < -0.39 is 29.6 Å². The van der Waals surface area contributed by atoms with Gasteiger partial charge in [-0.05, 0) is 54.8 Å². The van der Waals surface area contributed by atoms with Gasteiger partial charge in [0.15, 0.2) is 6.10 Å². The van der Waals surface area contributed by atoms with Crippen LogP contribution in [0.25, 0.3) is 21.9 Å². The molecule has 0 spiro atoms.